The summed E-state index contributed by atoms with van der Waals surface area (Å²) in [6.07, 6.45) is 4.89. The van der Waals surface area contributed by atoms with E-state index in [0.717, 1.165) is 12.8 Å². The van der Waals surface area contributed by atoms with E-state index in [0.29, 0.717) is 0 Å². The van der Waals surface area contributed by atoms with E-state index >= 15 is 0 Å². The average molecular weight is 215 g/mol. The second kappa shape index (κ2) is 5.20. The molecule has 0 aromatic heterocycles. The molecule has 1 heteroatoms. The third-order valence-electron chi connectivity index (χ3n) is 3.38. The lowest BCUT2D eigenvalue weighted by atomic mass is 10.1. The van der Waals surface area contributed by atoms with Crippen LogP contribution in [0.25, 0.3) is 0 Å². The molecule has 86 valence electrons. The summed E-state index contributed by atoms with van der Waals surface area (Å²) in [4.78, 5) is 2.44. The van der Waals surface area contributed by atoms with Crippen LogP contribution in [0.5, 0.6) is 0 Å². The van der Waals surface area contributed by atoms with E-state index in [2.05, 4.69) is 42.7 Å². The number of allylic oxidation sites excluding steroid dienone is 1. The van der Waals surface area contributed by atoms with Crippen LogP contribution in [0.15, 0.2) is 36.5 Å². The number of likely N-dealkylation sites (tertiary alicyclic amines) is 1. The van der Waals surface area contributed by atoms with Gasteiger partial charge in [0.05, 0.1) is 0 Å². The molecule has 1 aromatic rings. The van der Waals surface area contributed by atoms with Crippen LogP contribution in [-0.4, -0.2) is 18.0 Å². The maximum atomic E-state index is 4.20. The minimum Gasteiger partial charge on any atom is -0.375 e. The van der Waals surface area contributed by atoms with Crippen LogP contribution in [-0.2, 0) is 6.42 Å². The average Bonchev–Trinajstić information content (AvgIpc) is 2.81. The van der Waals surface area contributed by atoms with Crippen LogP contribution in [0.2, 0.25) is 0 Å². The van der Waals surface area contributed by atoms with Gasteiger partial charge in [-0.3, -0.25) is 0 Å². The standard InChI is InChI=1S/C15H21N/c1-13-5-8-15(9-6-13)10-7-14(2)16-11-3-4-12-16/h5-6,8-9H,2-4,7,10-12H2,1H3. The summed E-state index contributed by atoms with van der Waals surface area (Å²) in [6, 6.07) is 8.83. The highest BCUT2D eigenvalue weighted by molar-refractivity contribution is 5.22. The van der Waals surface area contributed by atoms with Crippen molar-refractivity contribution in [1.82, 2.24) is 4.90 Å². The smallest absolute Gasteiger partial charge is 0.0175 e. The summed E-state index contributed by atoms with van der Waals surface area (Å²) >= 11 is 0. The SMILES string of the molecule is C=C(CCc1ccc(C)cc1)N1CCCC1. The molecule has 16 heavy (non-hydrogen) atoms. The van der Waals surface area contributed by atoms with Crippen LogP contribution in [0.4, 0.5) is 0 Å². The second-order valence-corrected chi connectivity index (χ2v) is 4.75. The lowest BCUT2D eigenvalue weighted by Gasteiger charge is -2.20. The molecule has 0 atom stereocenters. The van der Waals surface area contributed by atoms with E-state index in [-0.39, 0.29) is 0 Å². The first-order valence-electron chi connectivity index (χ1n) is 6.24. The molecule has 2 rings (SSSR count). The van der Waals surface area contributed by atoms with Crippen LogP contribution in [0, 0.1) is 6.92 Å². The predicted molar refractivity (Wildman–Crippen MR) is 69.4 cm³/mol. The molecule has 1 aromatic carbocycles. The highest BCUT2D eigenvalue weighted by atomic mass is 15.1. The molecule has 0 bridgehead atoms. The van der Waals surface area contributed by atoms with Gasteiger partial charge in [0.15, 0.2) is 0 Å². The topological polar surface area (TPSA) is 3.24 Å². The van der Waals surface area contributed by atoms with Gasteiger partial charge >= 0.3 is 0 Å². The first kappa shape index (κ1) is 11.3. The molecule has 0 spiro atoms. The fourth-order valence-corrected chi connectivity index (χ4v) is 2.23. The molecular formula is C15H21N. The summed E-state index contributed by atoms with van der Waals surface area (Å²) in [7, 11) is 0. The minimum atomic E-state index is 1.10. The van der Waals surface area contributed by atoms with E-state index in [4.69, 9.17) is 0 Å². The Bertz CT molecular complexity index is 344. The number of hydrogen-bond acceptors (Lipinski definition) is 1. The Morgan fingerprint density at radius 3 is 2.44 bits per heavy atom. The summed E-state index contributed by atoms with van der Waals surface area (Å²) < 4.78 is 0. The van der Waals surface area contributed by atoms with Gasteiger partial charge in [-0.15, -0.1) is 0 Å². The van der Waals surface area contributed by atoms with Gasteiger partial charge in [0.2, 0.25) is 0 Å². The molecule has 1 aliphatic heterocycles. The molecule has 0 saturated carbocycles. The van der Waals surface area contributed by atoms with Gasteiger partial charge in [-0.05, 0) is 38.2 Å². The molecule has 0 aliphatic carbocycles. The van der Waals surface area contributed by atoms with Crippen molar-refractivity contribution in [3.8, 4) is 0 Å². The van der Waals surface area contributed by atoms with Crippen molar-refractivity contribution < 1.29 is 0 Å². The Balaban J connectivity index is 1.82. The monoisotopic (exact) mass is 215 g/mol. The molecule has 1 nitrogen and oxygen atoms in total. The van der Waals surface area contributed by atoms with Crippen molar-refractivity contribution in [1.29, 1.82) is 0 Å². The highest BCUT2D eigenvalue weighted by Crippen LogP contribution is 2.17. The van der Waals surface area contributed by atoms with Gasteiger partial charge in [0.1, 0.15) is 0 Å². The summed E-state index contributed by atoms with van der Waals surface area (Å²) in [5, 5.41) is 0. The summed E-state index contributed by atoms with van der Waals surface area (Å²) in [5.41, 5.74) is 4.08. The Morgan fingerprint density at radius 2 is 1.81 bits per heavy atom. The lowest BCUT2D eigenvalue weighted by Crippen LogP contribution is -2.18. The highest BCUT2D eigenvalue weighted by Gasteiger charge is 2.12. The van der Waals surface area contributed by atoms with Crippen LogP contribution >= 0.6 is 0 Å². The maximum Gasteiger partial charge on any atom is 0.0175 e. The molecule has 0 N–H and O–H groups in total. The van der Waals surface area contributed by atoms with E-state index in [1.54, 1.807) is 0 Å². The summed E-state index contributed by atoms with van der Waals surface area (Å²) in [6.45, 7) is 8.76. The molecule has 1 fully saturated rings. The molecular weight excluding hydrogens is 194 g/mol. The van der Waals surface area contributed by atoms with Gasteiger partial charge in [-0.1, -0.05) is 36.4 Å². The van der Waals surface area contributed by atoms with E-state index in [9.17, 15) is 0 Å². The molecule has 1 aliphatic rings. The van der Waals surface area contributed by atoms with Crippen molar-refractivity contribution >= 4 is 0 Å². The molecule has 0 radical (unpaired) electrons. The van der Waals surface area contributed by atoms with Crippen molar-refractivity contribution in [3.05, 3.63) is 47.7 Å². The van der Waals surface area contributed by atoms with Crippen molar-refractivity contribution in [2.75, 3.05) is 13.1 Å². The fourth-order valence-electron chi connectivity index (χ4n) is 2.23. The second-order valence-electron chi connectivity index (χ2n) is 4.75. The Hall–Kier alpha value is -1.24. The van der Waals surface area contributed by atoms with Crippen LogP contribution < -0.4 is 0 Å². The first-order chi connectivity index (χ1) is 7.75. The van der Waals surface area contributed by atoms with Gasteiger partial charge in [-0.2, -0.15) is 0 Å². The van der Waals surface area contributed by atoms with Gasteiger partial charge < -0.3 is 4.90 Å². The number of nitrogens with zero attached hydrogens (tertiary/aromatic N) is 1. The largest absolute Gasteiger partial charge is 0.375 e. The molecule has 1 saturated heterocycles. The number of hydrogen-bond donors (Lipinski definition) is 0. The van der Waals surface area contributed by atoms with Crippen LogP contribution in [0.1, 0.15) is 30.4 Å². The van der Waals surface area contributed by atoms with Crippen molar-refractivity contribution in [2.24, 2.45) is 0 Å². The van der Waals surface area contributed by atoms with Crippen molar-refractivity contribution in [2.45, 2.75) is 32.6 Å². The quantitative estimate of drug-likeness (QED) is 0.742. The predicted octanol–water partition coefficient (Wildman–Crippen LogP) is 3.54. The van der Waals surface area contributed by atoms with E-state index in [1.807, 2.05) is 0 Å². The summed E-state index contributed by atoms with van der Waals surface area (Å²) in [5.74, 6) is 0. The van der Waals surface area contributed by atoms with Gasteiger partial charge in [0.25, 0.3) is 0 Å². The number of rotatable bonds is 4. The zero-order valence-corrected chi connectivity index (χ0v) is 10.2. The Morgan fingerprint density at radius 1 is 1.19 bits per heavy atom. The van der Waals surface area contributed by atoms with E-state index in [1.165, 1.54) is 42.8 Å². The van der Waals surface area contributed by atoms with Gasteiger partial charge in [0, 0.05) is 18.8 Å². The Kier molecular flexibility index (Phi) is 3.66. The van der Waals surface area contributed by atoms with E-state index < -0.39 is 0 Å². The zero-order chi connectivity index (χ0) is 11.4. The zero-order valence-electron chi connectivity index (χ0n) is 10.2. The lowest BCUT2D eigenvalue weighted by molar-refractivity contribution is 0.411. The van der Waals surface area contributed by atoms with Crippen molar-refractivity contribution in [3.63, 3.8) is 0 Å². The first-order valence-corrected chi connectivity index (χ1v) is 6.24. The molecule has 0 amide bonds. The number of aryl methyl sites for hydroxylation is 2. The Labute approximate surface area is 98.8 Å². The normalized spacial score (nSPS) is 15.4. The molecule has 0 unspecified atom stereocenters. The minimum absolute atomic E-state index is 1.10. The third kappa shape index (κ3) is 2.88. The maximum absolute atomic E-state index is 4.20. The third-order valence-corrected chi connectivity index (χ3v) is 3.38. The van der Waals surface area contributed by atoms with Gasteiger partial charge in [-0.25, -0.2) is 0 Å². The molecule has 1 heterocycles. The number of benzene rings is 1. The van der Waals surface area contributed by atoms with Crippen LogP contribution in [0.3, 0.4) is 0 Å². The fraction of sp³-hybridized carbons (Fsp3) is 0.467.